The Hall–Kier alpha value is -3.10. The third-order valence-corrected chi connectivity index (χ3v) is 3.19. The maximum Gasteiger partial charge on any atom is 0.387 e. The topological polar surface area (TPSA) is 64.6 Å². The van der Waals surface area contributed by atoms with Crippen molar-refractivity contribution in [1.29, 1.82) is 0 Å². The molecule has 2 aromatic rings. The number of carbonyl (C=O) groups excluding carboxylic acids is 2. The van der Waals surface area contributed by atoms with Gasteiger partial charge in [0.05, 0.1) is 0 Å². The minimum Gasteiger partial charge on any atom is -0.449 e. The standard InChI is InChI=1S/C17H13F4NO4/c1-9(15(23)22-14-11(18)6-4-7-12(14)19)25-16(24)10-5-2-3-8-13(10)26-17(20)21/h2-9,17H,1H3,(H,22,23). The van der Waals surface area contributed by atoms with Crippen molar-refractivity contribution in [2.24, 2.45) is 0 Å². The molecular weight excluding hydrogens is 358 g/mol. The molecule has 138 valence electrons. The molecule has 0 bridgehead atoms. The van der Waals surface area contributed by atoms with Crippen molar-refractivity contribution < 1.29 is 36.6 Å². The van der Waals surface area contributed by atoms with E-state index in [0.717, 1.165) is 31.2 Å². The molecule has 5 nitrogen and oxygen atoms in total. The molecule has 0 aliphatic heterocycles. The van der Waals surface area contributed by atoms with Gasteiger partial charge >= 0.3 is 12.6 Å². The quantitative estimate of drug-likeness (QED) is 0.621. The lowest BCUT2D eigenvalue weighted by Gasteiger charge is -2.15. The van der Waals surface area contributed by atoms with Crippen molar-refractivity contribution in [3.8, 4) is 5.75 Å². The van der Waals surface area contributed by atoms with Crippen LogP contribution in [0.1, 0.15) is 17.3 Å². The van der Waals surface area contributed by atoms with Crippen LogP contribution in [-0.2, 0) is 9.53 Å². The SMILES string of the molecule is CC(OC(=O)c1ccccc1OC(F)F)C(=O)Nc1c(F)cccc1F. The van der Waals surface area contributed by atoms with Crippen molar-refractivity contribution in [2.75, 3.05) is 5.32 Å². The summed E-state index contributed by atoms with van der Waals surface area (Å²) in [5.74, 6) is -4.56. The fraction of sp³-hybridized carbons (Fsp3) is 0.176. The summed E-state index contributed by atoms with van der Waals surface area (Å²) in [5, 5.41) is 1.96. The zero-order valence-corrected chi connectivity index (χ0v) is 13.3. The Morgan fingerprint density at radius 2 is 1.62 bits per heavy atom. The first-order valence-electron chi connectivity index (χ1n) is 7.29. The van der Waals surface area contributed by atoms with Crippen LogP contribution in [0.3, 0.4) is 0 Å². The van der Waals surface area contributed by atoms with Crippen LogP contribution in [0, 0.1) is 11.6 Å². The third kappa shape index (κ3) is 4.71. The summed E-state index contributed by atoms with van der Waals surface area (Å²) < 4.78 is 60.8. The lowest BCUT2D eigenvalue weighted by atomic mass is 10.2. The van der Waals surface area contributed by atoms with Crippen LogP contribution in [0.5, 0.6) is 5.75 Å². The van der Waals surface area contributed by atoms with Gasteiger partial charge < -0.3 is 14.8 Å². The van der Waals surface area contributed by atoms with E-state index in [4.69, 9.17) is 4.74 Å². The van der Waals surface area contributed by atoms with Crippen molar-refractivity contribution >= 4 is 17.6 Å². The molecule has 0 aliphatic carbocycles. The van der Waals surface area contributed by atoms with Crippen LogP contribution in [0.2, 0.25) is 0 Å². The van der Waals surface area contributed by atoms with Crippen LogP contribution in [0.15, 0.2) is 42.5 Å². The lowest BCUT2D eigenvalue weighted by molar-refractivity contribution is -0.123. The van der Waals surface area contributed by atoms with E-state index in [-0.39, 0.29) is 5.56 Å². The summed E-state index contributed by atoms with van der Waals surface area (Å²) in [7, 11) is 0. The number of anilines is 1. The highest BCUT2D eigenvalue weighted by Crippen LogP contribution is 2.22. The molecule has 1 N–H and O–H groups in total. The molecule has 0 aromatic heterocycles. The van der Waals surface area contributed by atoms with Gasteiger partial charge in [0, 0.05) is 0 Å². The number of amides is 1. The second-order valence-corrected chi connectivity index (χ2v) is 5.01. The molecule has 2 rings (SSSR count). The highest BCUT2D eigenvalue weighted by molar-refractivity contribution is 5.98. The lowest BCUT2D eigenvalue weighted by Crippen LogP contribution is -2.30. The molecule has 0 radical (unpaired) electrons. The predicted octanol–water partition coefficient (Wildman–Crippen LogP) is 3.75. The van der Waals surface area contributed by atoms with E-state index < -0.39 is 47.7 Å². The molecule has 2 aromatic carbocycles. The van der Waals surface area contributed by atoms with Crippen LogP contribution in [-0.4, -0.2) is 24.6 Å². The largest absolute Gasteiger partial charge is 0.449 e. The number of hydrogen-bond acceptors (Lipinski definition) is 4. The molecular formula is C17H13F4NO4. The Kier molecular flexibility index (Phi) is 6.16. The van der Waals surface area contributed by atoms with Gasteiger partial charge in [0.25, 0.3) is 5.91 Å². The van der Waals surface area contributed by atoms with Crippen LogP contribution < -0.4 is 10.1 Å². The van der Waals surface area contributed by atoms with E-state index in [1.807, 2.05) is 5.32 Å². The molecule has 0 saturated carbocycles. The Bertz CT molecular complexity index is 793. The van der Waals surface area contributed by atoms with Gasteiger partial charge in [-0.3, -0.25) is 4.79 Å². The summed E-state index contributed by atoms with van der Waals surface area (Å²) >= 11 is 0. The number of hydrogen-bond donors (Lipinski definition) is 1. The molecule has 1 atom stereocenters. The fourth-order valence-corrected chi connectivity index (χ4v) is 1.95. The number of rotatable bonds is 6. The number of benzene rings is 2. The van der Waals surface area contributed by atoms with Crippen molar-refractivity contribution in [1.82, 2.24) is 0 Å². The van der Waals surface area contributed by atoms with Crippen molar-refractivity contribution in [2.45, 2.75) is 19.6 Å². The van der Waals surface area contributed by atoms with Gasteiger partial charge in [-0.25, -0.2) is 13.6 Å². The number of nitrogens with one attached hydrogen (secondary N) is 1. The van der Waals surface area contributed by atoms with Gasteiger partial charge in [0.2, 0.25) is 0 Å². The van der Waals surface area contributed by atoms with Crippen LogP contribution >= 0.6 is 0 Å². The highest BCUT2D eigenvalue weighted by Gasteiger charge is 2.24. The monoisotopic (exact) mass is 371 g/mol. The van der Waals surface area contributed by atoms with E-state index in [1.165, 1.54) is 18.2 Å². The maximum absolute atomic E-state index is 13.5. The maximum atomic E-state index is 13.5. The number of alkyl halides is 2. The smallest absolute Gasteiger partial charge is 0.387 e. The Morgan fingerprint density at radius 3 is 2.23 bits per heavy atom. The number of halogens is 4. The number of esters is 1. The summed E-state index contributed by atoms with van der Waals surface area (Å²) in [6.07, 6.45) is -1.46. The first kappa shape index (κ1) is 19.2. The molecule has 0 spiro atoms. The summed E-state index contributed by atoms with van der Waals surface area (Å²) in [6.45, 7) is -2.00. The molecule has 0 saturated heterocycles. The molecule has 0 fully saturated rings. The van der Waals surface area contributed by atoms with Gasteiger partial charge in [-0.15, -0.1) is 0 Å². The van der Waals surface area contributed by atoms with Gasteiger partial charge in [0.1, 0.15) is 28.6 Å². The van der Waals surface area contributed by atoms with Gasteiger partial charge in [0.15, 0.2) is 6.10 Å². The van der Waals surface area contributed by atoms with E-state index in [2.05, 4.69) is 4.74 Å². The zero-order valence-electron chi connectivity index (χ0n) is 13.3. The molecule has 0 heterocycles. The van der Waals surface area contributed by atoms with E-state index in [0.29, 0.717) is 0 Å². The minimum absolute atomic E-state index is 0.329. The number of ether oxygens (including phenoxy) is 2. The average molecular weight is 371 g/mol. The third-order valence-electron chi connectivity index (χ3n) is 3.19. The van der Waals surface area contributed by atoms with Crippen molar-refractivity contribution in [3.05, 3.63) is 59.7 Å². The minimum atomic E-state index is -3.16. The van der Waals surface area contributed by atoms with Crippen molar-refractivity contribution in [3.63, 3.8) is 0 Å². The second kappa shape index (κ2) is 8.32. The number of para-hydroxylation sites is 2. The van der Waals surface area contributed by atoms with Gasteiger partial charge in [-0.05, 0) is 31.2 Å². The highest BCUT2D eigenvalue weighted by atomic mass is 19.3. The molecule has 9 heteroatoms. The molecule has 0 aliphatic rings. The average Bonchev–Trinajstić information content (AvgIpc) is 2.58. The first-order chi connectivity index (χ1) is 12.3. The molecule has 1 amide bonds. The normalized spacial score (nSPS) is 11.8. The van der Waals surface area contributed by atoms with Gasteiger partial charge in [-0.2, -0.15) is 8.78 Å². The van der Waals surface area contributed by atoms with Gasteiger partial charge in [-0.1, -0.05) is 18.2 Å². The first-order valence-corrected chi connectivity index (χ1v) is 7.29. The fourth-order valence-electron chi connectivity index (χ4n) is 1.95. The van der Waals surface area contributed by atoms with E-state index in [1.54, 1.807) is 0 Å². The summed E-state index contributed by atoms with van der Waals surface area (Å²) in [6, 6.07) is 8.04. The van der Waals surface area contributed by atoms with E-state index >= 15 is 0 Å². The zero-order chi connectivity index (χ0) is 19.3. The Balaban J connectivity index is 2.08. The van der Waals surface area contributed by atoms with E-state index in [9.17, 15) is 27.2 Å². The summed E-state index contributed by atoms with van der Waals surface area (Å²) in [5.41, 5.74) is -1.02. The van der Waals surface area contributed by atoms with Crippen LogP contribution in [0.25, 0.3) is 0 Å². The molecule has 26 heavy (non-hydrogen) atoms. The summed E-state index contributed by atoms with van der Waals surface area (Å²) in [4.78, 5) is 24.0. The second-order valence-electron chi connectivity index (χ2n) is 5.01. The predicted molar refractivity (Wildman–Crippen MR) is 82.9 cm³/mol. The Morgan fingerprint density at radius 1 is 1.00 bits per heavy atom. The Labute approximate surface area is 145 Å². The number of carbonyl (C=O) groups is 2. The van der Waals surface area contributed by atoms with Crippen LogP contribution in [0.4, 0.5) is 23.2 Å². The molecule has 1 unspecified atom stereocenters.